The molecule has 0 aromatic heterocycles. The summed E-state index contributed by atoms with van der Waals surface area (Å²) in [4.78, 5) is 12.6. The quantitative estimate of drug-likeness (QED) is 0.532. The number of anilines is 1. The standard InChI is InChI=1S/C26H28N2O4S/c1-18-10-11-21(16-19(18)2)28-33(30,31)23-14-12-22(13-15-23)32-17-26(29)27-25-9-5-7-20-6-3-4-8-24(20)25/h3-4,6,8,10-16,25,28H,5,7,9,17H2,1-2H3,(H,27,29). The van der Waals surface area contributed by atoms with Gasteiger partial charge < -0.3 is 10.1 Å². The summed E-state index contributed by atoms with van der Waals surface area (Å²) in [6.45, 7) is 3.77. The van der Waals surface area contributed by atoms with Crippen LogP contribution < -0.4 is 14.8 Å². The average molecular weight is 465 g/mol. The van der Waals surface area contributed by atoms with Crippen molar-refractivity contribution in [3.8, 4) is 5.75 Å². The first kappa shape index (κ1) is 22.9. The van der Waals surface area contributed by atoms with Crippen LogP contribution in [0.25, 0.3) is 0 Å². The van der Waals surface area contributed by atoms with Crippen LogP contribution >= 0.6 is 0 Å². The summed E-state index contributed by atoms with van der Waals surface area (Å²) >= 11 is 0. The number of hydrogen-bond acceptors (Lipinski definition) is 4. The molecule has 3 aromatic rings. The Morgan fingerprint density at radius 2 is 1.76 bits per heavy atom. The molecule has 1 aliphatic carbocycles. The highest BCUT2D eigenvalue weighted by molar-refractivity contribution is 7.92. The van der Waals surface area contributed by atoms with Gasteiger partial charge in [-0.3, -0.25) is 9.52 Å². The number of amides is 1. The molecule has 0 spiro atoms. The smallest absolute Gasteiger partial charge is 0.261 e. The molecule has 1 amide bonds. The number of hydrogen-bond donors (Lipinski definition) is 2. The van der Waals surface area contributed by atoms with Gasteiger partial charge in [0, 0.05) is 5.69 Å². The molecule has 0 aliphatic heterocycles. The van der Waals surface area contributed by atoms with E-state index in [0.29, 0.717) is 11.4 Å². The lowest BCUT2D eigenvalue weighted by Crippen LogP contribution is -2.34. The van der Waals surface area contributed by atoms with E-state index in [1.807, 2.05) is 32.0 Å². The Kier molecular flexibility index (Phi) is 6.70. The fourth-order valence-electron chi connectivity index (χ4n) is 4.02. The molecule has 0 fully saturated rings. The van der Waals surface area contributed by atoms with Crippen molar-refractivity contribution in [1.29, 1.82) is 0 Å². The number of carbonyl (C=O) groups excluding carboxylic acids is 1. The third-order valence-electron chi connectivity index (χ3n) is 5.97. The molecular weight excluding hydrogens is 436 g/mol. The summed E-state index contributed by atoms with van der Waals surface area (Å²) in [5.74, 6) is 0.226. The van der Waals surface area contributed by atoms with Crippen LogP contribution in [0.4, 0.5) is 5.69 Å². The number of rotatable bonds is 7. The van der Waals surface area contributed by atoms with Gasteiger partial charge in [-0.05, 0) is 91.8 Å². The molecule has 0 bridgehead atoms. The summed E-state index contributed by atoms with van der Waals surface area (Å²) < 4.78 is 33.5. The fourth-order valence-corrected chi connectivity index (χ4v) is 5.07. The lowest BCUT2D eigenvalue weighted by atomic mass is 9.88. The van der Waals surface area contributed by atoms with Crippen molar-refractivity contribution < 1.29 is 17.9 Å². The van der Waals surface area contributed by atoms with E-state index in [1.165, 1.54) is 23.3 Å². The van der Waals surface area contributed by atoms with Crippen LogP contribution in [0.5, 0.6) is 5.75 Å². The molecule has 0 radical (unpaired) electrons. The van der Waals surface area contributed by atoms with Crippen molar-refractivity contribution in [3.63, 3.8) is 0 Å². The molecule has 33 heavy (non-hydrogen) atoms. The fraction of sp³-hybridized carbons (Fsp3) is 0.269. The van der Waals surface area contributed by atoms with Crippen molar-refractivity contribution in [3.05, 3.63) is 89.0 Å². The summed E-state index contributed by atoms with van der Waals surface area (Å²) in [6.07, 6.45) is 2.98. The van der Waals surface area contributed by atoms with Gasteiger partial charge in [-0.2, -0.15) is 0 Å². The van der Waals surface area contributed by atoms with Gasteiger partial charge in [-0.25, -0.2) is 8.42 Å². The molecule has 0 heterocycles. The highest BCUT2D eigenvalue weighted by atomic mass is 32.2. The van der Waals surface area contributed by atoms with E-state index in [-0.39, 0.29) is 23.5 Å². The minimum Gasteiger partial charge on any atom is -0.484 e. The molecule has 1 aliphatic rings. The number of fused-ring (bicyclic) bond motifs is 1. The van der Waals surface area contributed by atoms with Crippen molar-refractivity contribution in [1.82, 2.24) is 5.32 Å². The van der Waals surface area contributed by atoms with E-state index in [2.05, 4.69) is 22.2 Å². The van der Waals surface area contributed by atoms with Crippen LogP contribution in [-0.4, -0.2) is 20.9 Å². The van der Waals surface area contributed by atoms with Crippen molar-refractivity contribution in [2.45, 2.75) is 44.0 Å². The number of nitrogens with one attached hydrogen (secondary N) is 2. The lowest BCUT2D eigenvalue weighted by molar-refractivity contribution is -0.124. The Hall–Kier alpha value is -3.32. The Bertz CT molecular complexity index is 1250. The molecule has 2 N–H and O–H groups in total. The first-order valence-electron chi connectivity index (χ1n) is 11.0. The summed E-state index contributed by atoms with van der Waals surface area (Å²) in [6, 6.07) is 19.6. The lowest BCUT2D eigenvalue weighted by Gasteiger charge is -2.26. The molecule has 1 atom stereocenters. The van der Waals surface area contributed by atoms with Crippen LogP contribution in [0.1, 0.15) is 41.1 Å². The minimum atomic E-state index is -3.72. The SMILES string of the molecule is Cc1ccc(NS(=O)(=O)c2ccc(OCC(=O)NC3CCCc4ccccc43)cc2)cc1C. The van der Waals surface area contributed by atoms with Crippen LogP contribution in [0.15, 0.2) is 71.6 Å². The molecule has 7 heteroatoms. The van der Waals surface area contributed by atoms with Gasteiger partial charge in [0.1, 0.15) is 5.75 Å². The average Bonchev–Trinajstić information content (AvgIpc) is 2.80. The maximum Gasteiger partial charge on any atom is 0.261 e. The summed E-state index contributed by atoms with van der Waals surface area (Å²) in [5.41, 5.74) is 5.06. The van der Waals surface area contributed by atoms with Crippen molar-refractivity contribution in [2.75, 3.05) is 11.3 Å². The van der Waals surface area contributed by atoms with Crippen LogP contribution in [0, 0.1) is 13.8 Å². The Labute approximate surface area is 195 Å². The van der Waals surface area contributed by atoms with Gasteiger partial charge in [0.05, 0.1) is 10.9 Å². The highest BCUT2D eigenvalue weighted by Gasteiger charge is 2.21. The second-order valence-corrected chi connectivity index (χ2v) is 10.1. The number of carbonyl (C=O) groups is 1. The zero-order chi connectivity index (χ0) is 23.4. The third-order valence-corrected chi connectivity index (χ3v) is 7.36. The Morgan fingerprint density at radius 1 is 1.00 bits per heavy atom. The number of sulfonamides is 1. The van der Waals surface area contributed by atoms with E-state index in [0.717, 1.165) is 30.4 Å². The van der Waals surface area contributed by atoms with Gasteiger partial charge in [0.15, 0.2) is 6.61 Å². The predicted molar refractivity (Wildman–Crippen MR) is 129 cm³/mol. The number of benzene rings is 3. The third kappa shape index (κ3) is 5.54. The molecule has 6 nitrogen and oxygen atoms in total. The summed E-state index contributed by atoms with van der Waals surface area (Å²) in [7, 11) is -3.72. The largest absolute Gasteiger partial charge is 0.484 e. The van der Waals surface area contributed by atoms with E-state index in [4.69, 9.17) is 4.74 Å². The van der Waals surface area contributed by atoms with Gasteiger partial charge in [-0.15, -0.1) is 0 Å². The van der Waals surface area contributed by atoms with Crippen LogP contribution in [0.2, 0.25) is 0 Å². The van der Waals surface area contributed by atoms with E-state index < -0.39 is 10.0 Å². The van der Waals surface area contributed by atoms with Crippen molar-refractivity contribution >= 4 is 21.6 Å². The van der Waals surface area contributed by atoms with Crippen LogP contribution in [0.3, 0.4) is 0 Å². The first-order chi connectivity index (χ1) is 15.8. The number of aryl methyl sites for hydroxylation is 3. The molecule has 3 aromatic carbocycles. The molecular formula is C26H28N2O4S. The minimum absolute atomic E-state index is 0.00458. The normalized spacial score (nSPS) is 15.4. The zero-order valence-electron chi connectivity index (χ0n) is 18.8. The topological polar surface area (TPSA) is 84.5 Å². The van der Waals surface area contributed by atoms with Crippen LogP contribution in [-0.2, 0) is 21.2 Å². The summed E-state index contributed by atoms with van der Waals surface area (Å²) in [5, 5.41) is 3.05. The first-order valence-corrected chi connectivity index (χ1v) is 12.5. The predicted octanol–water partition coefficient (Wildman–Crippen LogP) is 4.68. The molecule has 0 saturated carbocycles. The highest BCUT2D eigenvalue weighted by Crippen LogP contribution is 2.29. The molecule has 1 unspecified atom stereocenters. The second-order valence-electron chi connectivity index (χ2n) is 8.38. The monoisotopic (exact) mass is 464 g/mol. The molecule has 0 saturated heterocycles. The van der Waals surface area contributed by atoms with E-state index >= 15 is 0 Å². The van der Waals surface area contributed by atoms with E-state index in [1.54, 1.807) is 24.3 Å². The van der Waals surface area contributed by atoms with Gasteiger partial charge in [0.2, 0.25) is 0 Å². The second kappa shape index (κ2) is 9.67. The number of ether oxygens (including phenoxy) is 1. The zero-order valence-corrected chi connectivity index (χ0v) is 19.6. The van der Waals surface area contributed by atoms with Crippen molar-refractivity contribution in [2.24, 2.45) is 0 Å². The van der Waals surface area contributed by atoms with E-state index in [9.17, 15) is 13.2 Å². The Balaban J connectivity index is 1.34. The van der Waals surface area contributed by atoms with Gasteiger partial charge >= 0.3 is 0 Å². The molecule has 4 rings (SSSR count). The maximum absolute atomic E-state index is 12.7. The van der Waals surface area contributed by atoms with Gasteiger partial charge in [-0.1, -0.05) is 30.3 Å². The maximum atomic E-state index is 12.7. The van der Waals surface area contributed by atoms with Gasteiger partial charge in [0.25, 0.3) is 15.9 Å². The Morgan fingerprint density at radius 3 is 2.52 bits per heavy atom. The molecule has 172 valence electrons.